The van der Waals surface area contributed by atoms with Gasteiger partial charge in [0.25, 0.3) is 0 Å². The lowest BCUT2D eigenvalue weighted by atomic mass is 10.3. The molecule has 5 heteroatoms. The van der Waals surface area contributed by atoms with Gasteiger partial charge in [0, 0.05) is 32.6 Å². The molecule has 0 aliphatic heterocycles. The Balaban J connectivity index is 2.74. The van der Waals surface area contributed by atoms with Crippen LogP contribution in [-0.2, 0) is 6.42 Å². The maximum absolute atomic E-state index is 6.00. The number of aromatic nitrogens is 2. The average molecular weight is 257 g/mol. The number of rotatable bonds is 6. The van der Waals surface area contributed by atoms with Crippen molar-refractivity contribution >= 4 is 17.4 Å². The second kappa shape index (κ2) is 6.77. The van der Waals surface area contributed by atoms with Crippen LogP contribution < -0.4 is 4.90 Å². The monoisotopic (exact) mass is 256 g/mol. The van der Waals surface area contributed by atoms with Gasteiger partial charge in [-0.25, -0.2) is 9.97 Å². The molecule has 17 heavy (non-hydrogen) atoms. The predicted octanol–water partition coefficient (Wildman–Crippen LogP) is 2.08. The zero-order valence-electron chi connectivity index (χ0n) is 11.1. The minimum Gasteiger partial charge on any atom is -0.358 e. The molecule has 1 aromatic rings. The Morgan fingerprint density at radius 2 is 1.88 bits per heavy atom. The molecule has 0 spiro atoms. The number of likely N-dealkylation sites (N-methyl/N-ethyl adjacent to an activating group) is 2. The first-order valence-electron chi connectivity index (χ1n) is 5.92. The van der Waals surface area contributed by atoms with E-state index >= 15 is 0 Å². The normalized spacial score (nSPS) is 10.9. The number of halogens is 1. The summed E-state index contributed by atoms with van der Waals surface area (Å²) in [5.41, 5.74) is 0. The summed E-state index contributed by atoms with van der Waals surface area (Å²) in [5, 5.41) is 0.523. The Morgan fingerprint density at radius 1 is 1.18 bits per heavy atom. The summed E-state index contributed by atoms with van der Waals surface area (Å²) in [4.78, 5) is 13.0. The summed E-state index contributed by atoms with van der Waals surface area (Å²) in [6.45, 7) is 4.02. The van der Waals surface area contributed by atoms with Crippen molar-refractivity contribution < 1.29 is 0 Å². The topological polar surface area (TPSA) is 32.3 Å². The van der Waals surface area contributed by atoms with Crippen LogP contribution in [0.5, 0.6) is 0 Å². The van der Waals surface area contributed by atoms with Crippen LogP contribution >= 0.6 is 11.6 Å². The van der Waals surface area contributed by atoms with Crippen LogP contribution in [0.15, 0.2) is 6.07 Å². The maximum Gasteiger partial charge on any atom is 0.134 e. The van der Waals surface area contributed by atoms with Crippen LogP contribution in [-0.4, -0.2) is 49.1 Å². The van der Waals surface area contributed by atoms with Crippen LogP contribution in [0.25, 0.3) is 0 Å². The molecular weight excluding hydrogens is 236 g/mol. The van der Waals surface area contributed by atoms with E-state index in [1.807, 2.05) is 13.1 Å². The first-order valence-corrected chi connectivity index (χ1v) is 6.30. The molecule has 0 saturated heterocycles. The van der Waals surface area contributed by atoms with E-state index in [1.165, 1.54) is 0 Å². The van der Waals surface area contributed by atoms with Gasteiger partial charge in [0.05, 0.1) is 0 Å². The van der Waals surface area contributed by atoms with E-state index in [0.717, 1.165) is 37.6 Å². The van der Waals surface area contributed by atoms with Gasteiger partial charge in [-0.2, -0.15) is 0 Å². The van der Waals surface area contributed by atoms with Gasteiger partial charge in [-0.15, -0.1) is 0 Å². The largest absolute Gasteiger partial charge is 0.358 e. The number of anilines is 1. The summed E-state index contributed by atoms with van der Waals surface area (Å²) < 4.78 is 0. The predicted molar refractivity (Wildman–Crippen MR) is 72.9 cm³/mol. The minimum atomic E-state index is 0.523. The molecule has 0 bridgehead atoms. The van der Waals surface area contributed by atoms with E-state index in [-0.39, 0.29) is 0 Å². The lowest BCUT2D eigenvalue weighted by Crippen LogP contribution is -2.29. The van der Waals surface area contributed by atoms with Crippen molar-refractivity contribution in [3.63, 3.8) is 0 Å². The molecule has 0 radical (unpaired) electrons. The number of nitrogens with zero attached hydrogens (tertiary/aromatic N) is 4. The SMILES string of the molecule is CCCc1nc(Cl)cc(N(C)CCN(C)C)n1. The van der Waals surface area contributed by atoms with Crippen LogP contribution in [0.1, 0.15) is 19.2 Å². The van der Waals surface area contributed by atoms with Gasteiger partial charge >= 0.3 is 0 Å². The van der Waals surface area contributed by atoms with E-state index in [9.17, 15) is 0 Å². The molecule has 0 atom stereocenters. The smallest absolute Gasteiger partial charge is 0.134 e. The molecule has 0 saturated carbocycles. The van der Waals surface area contributed by atoms with Gasteiger partial charge in [-0.3, -0.25) is 0 Å². The van der Waals surface area contributed by atoms with Gasteiger partial charge < -0.3 is 9.80 Å². The van der Waals surface area contributed by atoms with Gasteiger partial charge in [0.1, 0.15) is 16.8 Å². The van der Waals surface area contributed by atoms with Crippen molar-refractivity contribution in [3.05, 3.63) is 17.0 Å². The molecule has 0 N–H and O–H groups in total. The molecule has 0 aromatic carbocycles. The molecule has 0 unspecified atom stereocenters. The quantitative estimate of drug-likeness (QED) is 0.730. The maximum atomic E-state index is 6.00. The third kappa shape index (κ3) is 4.88. The summed E-state index contributed by atoms with van der Waals surface area (Å²) in [6.07, 6.45) is 1.90. The molecule has 0 aliphatic carbocycles. The molecular formula is C12H21ClN4. The fourth-order valence-corrected chi connectivity index (χ4v) is 1.64. The summed E-state index contributed by atoms with van der Waals surface area (Å²) in [7, 11) is 6.14. The molecule has 1 heterocycles. The van der Waals surface area contributed by atoms with Gasteiger partial charge in [0.2, 0.25) is 0 Å². The molecule has 4 nitrogen and oxygen atoms in total. The standard InChI is InChI=1S/C12H21ClN4/c1-5-6-11-14-10(13)9-12(15-11)17(4)8-7-16(2)3/h9H,5-8H2,1-4H3. The number of aryl methyl sites for hydroxylation is 1. The Labute approximate surface area is 109 Å². The Morgan fingerprint density at radius 3 is 2.47 bits per heavy atom. The van der Waals surface area contributed by atoms with E-state index < -0.39 is 0 Å². The van der Waals surface area contributed by atoms with Gasteiger partial charge in [0.15, 0.2) is 0 Å². The van der Waals surface area contributed by atoms with Crippen molar-refractivity contribution in [3.8, 4) is 0 Å². The fourth-order valence-electron chi connectivity index (χ4n) is 1.45. The summed E-state index contributed by atoms with van der Waals surface area (Å²) in [6, 6.07) is 1.82. The van der Waals surface area contributed by atoms with Crippen LogP contribution in [0.4, 0.5) is 5.82 Å². The van der Waals surface area contributed by atoms with E-state index in [2.05, 4.69) is 40.8 Å². The second-order valence-corrected chi connectivity index (χ2v) is 4.83. The molecule has 1 aromatic heterocycles. The third-order valence-electron chi connectivity index (χ3n) is 2.48. The first kappa shape index (κ1) is 14.2. The van der Waals surface area contributed by atoms with Gasteiger partial charge in [-0.05, 0) is 20.5 Å². The molecule has 0 aliphatic rings. The van der Waals surface area contributed by atoms with E-state index in [4.69, 9.17) is 11.6 Å². The zero-order valence-corrected chi connectivity index (χ0v) is 11.8. The summed E-state index contributed by atoms with van der Waals surface area (Å²) >= 11 is 6.00. The van der Waals surface area contributed by atoms with Crippen molar-refractivity contribution in [2.24, 2.45) is 0 Å². The van der Waals surface area contributed by atoms with Crippen molar-refractivity contribution in [1.29, 1.82) is 0 Å². The van der Waals surface area contributed by atoms with E-state index in [1.54, 1.807) is 0 Å². The third-order valence-corrected chi connectivity index (χ3v) is 2.67. The highest BCUT2D eigenvalue weighted by molar-refractivity contribution is 6.29. The molecule has 96 valence electrons. The van der Waals surface area contributed by atoms with Gasteiger partial charge in [-0.1, -0.05) is 18.5 Å². The highest BCUT2D eigenvalue weighted by Gasteiger charge is 2.07. The van der Waals surface area contributed by atoms with Crippen LogP contribution in [0.2, 0.25) is 5.15 Å². The fraction of sp³-hybridized carbons (Fsp3) is 0.667. The number of hydrogen-bond acceptors (Lipinski definition) is 4. The van der Waals surface area contributed by atoms with Crippen molar-refractivity contribution in [1.82, 2.24) is 14.9 Å². The lowest BCUT2D eigenvalue weighted by Gasteiger charge is -2.21. The molecule has 0 amide bonds. The van der Waals surface area contributed by atoms with Crippen LogP contribution in [0, 0.1) is 0 Å². The van der Waals surface area contributed by atoms with Crippen LogP contribution in [0.3, 0.4) is 0 Å². The zero-order chi connectivity index (χ0) is 12.8. The lowest BCUT2D eigenvalue weighted by molar-refractivity contribution is 0.416. The Bertz CT molecular complexity index is 354. The number of hydrogen-bond donors (Lipinski definition) is 0. The van der Waals surface area contributed by atoms with Crippen molar-refractivity contribution in [2.45, 2.75) is 19.8 Å². The highest BCUT2D eigenvalue weighted by atomic mass is 35.5. The highest BCUT2D eigenvalue weighted by Crippen LogP contribution is 2.15. The van der Waals surface area contributed by atoms with Crippen molar-refractivity contribution in [2.75, 3.05) is 39.1 Å². The first-order chi connectivity index (χ1) is 8.02. The molecule has 1 rings (SSSR count). The Kier molecular flexibility index (Phi) is 5.65. The Hall–Kier alpha value is -0.870. The van der Waals surface area contributed by atoms with E-state index in [0.29, 0.717) is 5.15 Å². The second-order valence-electron chi connectivity index (χ2n) is 4.44. The average Bonchev–Trinajstić information content (AvgIpc) is 2.25. The molecule has 0 fully saturated rings. The summed E-state index contributed by atoms with van der Waals surface area (Å²) in [5.74, 6) is 1.72. The minimum absolute atomic E-state index is 0.523.